The van der Waals surface area contributed by atoms with Crippen LogP contribution in [0.1, 0.15) is 29.1 Å². The molecule has 1 aromatic carbocycles. The highest BCUT2D eigenvalue weighted by Crippen LogP contribution is 2.21. The number of nitrogens with one attached hydrogen (secondary N) is 1. The Balaban J connectivity index is 1.73. The van der Waals surface area contributed by atoms with Crippen LogP contribution in [0.15, 0.2) is 47.0 Å². The molecule has 0 saturated carbocycles. The lowest BCUT2D eigenvalue weighted by molar-refractivity contribution is 0.0437. The fraction of sp³-hybridized carbons (Fsp3) is 0.176. The van der Waals surface area contributed by atoms with Crippen LogP contribution in [-0.2, 0) is 17.8 Å². The molecular formula is C17H15FN4O3. The minimum Gasteiger partial charge on any atom is -0.452 e. The molecular weight excluding hydrogens is 327 g/mol. The van der Waals surface area contributed by atoms with Crippen LogP contribution < -0.4 is 5.32 Å². The van der Waals surface area contributed by atoms with E-state index in [-0.39, 0.29) is 29.6 Å². The number of ether oxygens (including phenoxy) is 1. The zero-order valence-electron chi connectivity index (χ0n) is 13.4. The van der Waals surface area contributed by atoms with Crippen LogP contribution in [0.2, 0.25) is 0 Å². The summed E-state index contributed by atoms with van der Waals surface area (Å²) in [5.74, 6) is -0.224. The molecule has 1 N–H and O–H groups in total. The van der Waals surface area contributed by atoms with Gasteiger partial charge in [-0.15, -0.1) is 10.2 Å². The first-order valence-electron chi connectivity index (χ1n) is 7.62. The number of aromatic nitrogens is 3. The van der Waals surface area contributed by atoms with Gasteiger partial charge in [-0.25, -0.2) is 14.2 Å². The van der Waals surface area contributed by atoms with Crippen molar-refractivity contribution in [3.05, 3.63) is 65.8 Å². The average molecular weight is 342 g/mol. The Morgan fingerprint density at radius 3 is 2.76 bits per heavy atom. The normalized spacial score (nSPS) is 10.5. The van der Waals surface area contributed by atoms with Crippen LogP contribution in [0.25, 0.3) is 0 Å². The van der Waals surface area contributed by atoms with Crippen LogP contribution in [0.5, 0.6) is 0 Å². The molecule has 0 aliphatic rings. The molecule has 3 rings (SSSR count). The maximum Gasteiger partial charge on any atom is 0.342 e. The van der Waals surface area contributed by atoms with Gasteiger partial charge in [0.2, 0.25) is 5.89 Å². The number of anilines is 2. The van der Waals surface area contributed by atoms with E-state index in [4.69, 9.17) is 9.15 Å². The van der Waals surface area contributed by atoms with Crippen molar-refractivity contribution in [2.75, 3.05) is 5.32 Å². The van der Waals surface area contributed by atoms with Gasteiger partial charge < -0.3 is 14.5 Å². The number of carbonyl (C=O) groups excluding carboxylic acids is 1. The SMILES string of the molecule is CCc1nnc(COC(=O)c2cccnc2Nc2ccccc2F)o1. The number of nitrogens with zero attached hydrogens (tertiary/aromatic N) is 3. The van der Waals surface area contributed by atoms with E-state index >= 15 is 0 Å². The Bertz CT molecular complexity index is 882. The maximum atomic E-state index is 13.8. The Labute approximate surface area is 142 Å². The van der Waals surface area contributed by atoms with Gasteiger partial charge in [0, 0.05) is 12.6 Å². The smallest absolute Gasteiger partial charge is 0.342 e. The standard InChI is InChI=1S/C17H15FN4O3/c1-2-14-21-22-15(25-14)10-24-17(23)11-6-5-9-19-16(11)20-13-8-4-3-7-12(13)18/h3-9H,2,10H2,1H3,(H,19,20). The van der Waals surface area contributed by atoms with E-state index in [1.807, 2.05) is 6.92 Å². The van der Waals surface area contributed by atoms with Crippen LogP contribution in [0.4, 0.5) is 15.9 Å². The van der Waals surface area contributed by atoms with Crippen molar-refractivity contribution >= 4 is 17.5 Å². The molecule has 0 saturated heterocycles. The lowest BCUT2D eigenvalue weighted by atomic mass is 10.2. The first-order chi connectivity index (χ1) is 12.2. The summed E-state index contributed by atoms with van der Waals surface area (Å²) in [4.78, 5) is 16.4. The molecule has 0 aliphatic carbocycles. The van der Waals surface area contributed by atoms with Gasteiger partial charge in [-0.05, 0) is 24.3 Å². The van der Waals surface area contributed by atoms with Gasteiger partial charge in [0.25, 0.3) is 5.89 Å². The molecule has 2 heterocycles. The number of halogens is 1. The minimum absolute atomic E-state index is 0.153. The molecule has 0 bridgehead atoms. The van der Waals surface area contributed by atoms with Gasteiger partial charge in [-0.3, -0.25) is 0 Å². The van der Waals surface area contributed by atoms with Crippen molar-refractivity contribution in [3.63, 3.8) is 0 Å². The van der Waals surface area contributed by atoms with Crippen molar-refractivity contribution in [3.8, 4) is 0 Å². The molecule has 8 heteroatoms. The fourth-order valence-electron chi connectivity index (χ4n) is 2.05. The highest BCUT2D eigenvalue weighted by atomic mass is 19.1. The number of esters is 1. The Hall–Kier alpha value is -3.29. The van der Waals surface area contributed by atoms with E-state index in [9.17, 15) is 9.18 Å². The van der Waals surface area contributed by atoms with Gasteiger partial charge in [0.05, 0.1) is 5.69 Å². The van der Waals surface area contributed by atoms with E-state index < -0.39 is 11.8 Å². The predicted molar refractivity (Wildman–Crippen MR) is 86.7 cm³/mol. The third-order valence-electron chi connectivity index (χ3n) is 3.29. The second-order valence-electron chi connectivity index (χ2n) is 5.02. The lowest BCUT2D eigenvalue weighted by Crippen LogP contribution is -2.10. The van der Waals surface area contributed by atoms with E-state index in [0.29, 0.717) is 12.3 Å². The number of pyridine rings is 1. The summed E-state index contributed by atoms with van der Waals surface area (Å²) in [7, 11) is 0. The second-order valence-corrected chi connectivity index (χ2v) is 5.02. The Morgan fingerprint density at radius 2 is 2.00 bits per heavy atom. The zero-order chi connectivity index (χ0) is 17.6. The topological polar surface area (TPSA) is 90.1 Å². The second kappa shape index (κ2) is 7.52. The van der Waals surface area contributed by atoms with Crippen molar-refractivity contribution in [1.82, 2.24) is 15.2 Å². The number of rotatable bonds is 6. The number of hydrogen-bond acceptors (Lipinski definition) is 7. The summed E-state index contributed by atoms with van der Waals surface area (Å²) in [6, 6.07) is 9.22. The van der Waals surface area contributed by atoms with Crippen LogP contribution in [0.3, 0.4) is 0 Å². The first kappa shape index (κ1) is 16.6. The molecule has 0 atom stereocenters. The molecule has 3 aromatic rings. The van der Waals surface area contributed by atoms with Crippen LogP contribution in [-0.4, -0.2) is 21.2 Å². The summed E-state index contributed by atoms with van der Waals surface area (Å²) < 4.78 is 24.2. The van der Waals surface area contributed by atoms with E-state index in [1.165, 1.54) is 18.3 Å². The van der Waals surface area contributed by atoms with Gasteiger partial charge >= 0.3 is 5.97 Å². The molecule has 0 amide bonds. The molecule has 2 aromatic heterocycles. The largest absolute Gasteiger partial charge is 0.452 e. The highest BCUT2D eigenvalue weighted by Gasteiger charge is 2.16. The number of para-hydroxylation sites is 1. The minimum atomic E-state index is -0.636. The Kier molecular flexibility index (Phi) is 4.98. The molecule has 0 radical (unpaired) electrons. The van der Waals surface area contributed by atoms with Gasteiger partial charge in [0.15, 0.2) is 6.61 Å². The van der Waals surface area contributed by atoms with Crippen molar-refractivity contribution in [2.45, 2.75) is 20.0 Å². The molecule has 0 spiro atoms. The van der Waals surface area contributed by atoms with Crippen LogP contribution >= 0.6 is 0 Å². The quantitative estimate of drug-likeness (QED) is 0.688. The zero-order valence-corrected chi connectivity index (χ0v) is 13.4. The third kappa shape index (κ3) is 3.97. The van der Waals surface area contributed by atoms with Gasteiger partial charge in [-0.2, -0.15) is 0 Å². The molecule has 0 aliphatic heterocycles. The van der Waals surface area contributed by atoms with Crippen molar-refractivity contribution in [1.29, 1.82) is 0 Å². The first-order valence-corrected chi connectivity index (χ1v) is 7.62. The average Bonchev–Trinajstić information content (AvgIpc) is 3.10. The summed E-state index contributed by atoms with van der Waals surface area (Å²) in [6.45, 7) is 1.72. The van der Waals surface area contributed by atoms with E-state index in [2.05, 4.69) is 20.5 Å². The number of benzene rings is 1. The third-order valence-corrected chi connectivity index (χ3v) is 3.29. The number of hydrogen-bond donors (Lipinski definition) is 1. The summed E-state index contributed by atoms with van der Waals surface area (Å²) in [6.07, 6.45) is 2.09. The van der Waals surface area contributed by atoms with Crippen LogP contribution in [0, 0.1) is 5.82 Å². The molecule has 0 unspecified atom stereocenters. The Morgan fingerprint density at radius 1 is 1.20 bits per heavy atom. The lowest BCUT2D eigenvalue weighted by Gasteiger charge is -2.10. The van der Waals surface area contributed by atoms with Gasteiger partial charge in [0.1, 0.15) is 17.2 Å². The highest BCUT2D eigenvalue weighted by molar-refractivity contribution is 5.95. The predicted octanol–water partition coefficient (Wildman–Crippen LogP) is 3.27. The van der Waals surface area contributed by atoms with Crippen molar-refractivity contribution < 1.29 is 18.3 Å². The molecule has 7 nitrogen and oxygen atoms in total. The summed E-state index contributed by atoms with van der Waals surface area (Å²) in [5, 5.41) is 10.4. The summed E-state index contributed by atoms with van der Waals surface area (Å²) >= 11 is 0. The van der Waals surface area contributed by atoms with E-state index in [1.54, 1.807) is 24.3 Å². The molecule has 0 fully saturated rings. The van der Waals surface area contributed by atoms with Crippen molar-refractivity contribution in [2.24, 2.45) is 0 Å². The fourth-order valence-corrected chi connectivity index (χ4v) is 2.05. The number of carbonyl (C=O) groups is 1. The molecule has 128 valence electrons. The maximum absolute atomic E-state index is 13.8. The monoisotopic (exact) mass is 342 g/mol. The number of aryl methyl sites for hydroxylation is 1. The van der Waals surface area contributed by atoms with E-state index in [0.717, 1.165) is 0 Å². The summed E-state index contributed by atoms with van der Waals surface area (Å²) in [5.41, 5.74) is 0.376. The molecule has 25 heavy (non-hydrogen) atoms. The van der Waals surface area contributed by atoms with Gasteiger partial charge in [-0.1, -0.05) is 19.1 Å².